The average Bonchev–Trinajstić information content (AvgIpc) is 3.14. The van der Waals surface area contributed by atoms with E-state index in [1.54, 1.807) is 13.8 Å². The Hall–Kier alpha value is -2.65. The highest BCUT2D eigenvalue weighted by atomic mass is 32.2. The number of nitrogens with one attached hydrogen (secondary N) is 1. The van der Waals surface area contributed by atoms with Gasteiger partial charge in [0.1, 0.15) is 4.90 Å². The van der Waals surface area contributed by atoms with Crippen molar-refractivity contribution < 1.29 is 22.5 Å². The van der Waals surface area contributed by atoms with Crippen LogP contribution in [0.5, 0.6) is 0 Å². The predicted octanol–water partition coefficient (Wildman–Crippen LogP) is 4.61. The second-order valence-electron chi connectivity index (χ2n) is 6.54. The smallest absolute Gasteiger partial charge is 0.338 e. The molecular weight excluding hydrogens is 412 g/mol. The van der Waals surface area contributed by atoms with E-state index < -0.39 is 16.0 Å². The van der Waals surface area contributed by atoms with E-state index in [-0.39, 0.29) is 11.5 Å². The van der Waals surface area contributed by atoms with E-state index >= 15 is 0 Å². The van der Waals surface area contributed by atoms with E-state index in [2.05, 4.69) is 9.88 Å². The summed E-state index contributed by atoms with van der Waals surface area (Å²) < 4.78 is 39.4. The number of esters is 1. The molecule has 0 radical (unpaired) electrons. The molecule has 0 atom stereocenters. The zero-order chi connectivity index (χ0) is 21.3. The Morgan fingerprint density at radius 2 is 1.79 bits per heavy atom. The SMILES string of the molecule is CCOC(=O)c1ccc(NS(=O)(=O)c2c(C)sc(C)c2-c2onc(C)c2C)cc1. The van der Waals surface area contributed by atoms with Gasteiger partial charge in [-0.3, -0.25) is 4.72 Å². The average molecular weight is 435 g/mol. The van der Waals surface area contributed by atoms with Crippen LogP contribution in [0.2, 0.25) is 0 Å². The standard InChI is InChI=1S/C20H22N2O5S2/c1-6-26-20(23)15-7-9-16(10-8-15)22-29(24,25)19-14(5)28-13(4)17(19)18-11(2)12(3)21-27-18/h7-10,22H,6H2,1-5H3. The molecule has 0 fully saturated rings. The highest BCUT2D eigenvalue weighted by Gasteiger charge is 2.29. The van der Waals surface area contributed by atoms with Crippen LogP contribution >= 0.6 is 11.3 Å². The van der Waals surface area contributed by atoms with Gasteiger partial charge in [-0.25, -0.2) is 13.2 Å². The number of aryl methyl sites for hydroxylation is 3. The first-order valence-corrected chi connectivity index (χ1v) is 11.3. The predicted molar refractivity (Wildman–Crippen MR) is 112 cm³/mol. The number of carbonyl (C=O) groups excluding carboxylic acids is 1. The molecule has 9 heteroatoms. The number of sulfonamides is 1. The molecule has 0 bridgehead atoms. The topological polar surface area (TPSA) is 98.5 Å². The molecule has 0 saturated carbocycles. The first-order chi connectivity index (χ1) is 13.7. The number of benzene rings is 1. The molecule has 154 valence electrons. The van der Waals surface area contributed by atoms with Gasteiger partial charge in [-0.1, -0.05) is 5.16 Å². The molecule has 7 nitrogen and oxygen atoms in total. The van der Waals surface area contributed by atoms with Gasteiger partial charge in [0, 0.05) is 21.0 Å². The van der Waals surface area contributed by atoms with Gasteiger partial charge in [0.2, 0.25) is 0 Å². The Bertz CT molecular complexity index is 1160. The monoisotopic (exact) mass is 434 g/mol. The van der Waals surface area contributed by atoms with Crippen molar-refractivity contribution in [2.45, 2.75) is 39.5 Å². The van der Waals surface area contributed by atoms with Crippen LogP contribution in [0.4, 0.5) is 5.69 Å². The minimum absolute atomic E-state index is 0.175. The van der Waals surface area contributed by atoms with Gasteiger partial charge in [-0.15, -0.1) is 11.3 Å². The van der Waals surface area contributed by atoms with E-state index in [1.165, 1.54) is 35.6 Å². The van der Waals surface area contributed by atoms with Crippen LogP contribution in [-0.4, -0.2) is 26.2 Å². The van der Waals surface area contributed by atoms with Crippen molar-refractivity contribution in [3.8, 4) is 11.3 Å². The Morgan fingerprint density at radius 1 is 1.14 bits per heavy atom. The molecule has 0 aliphatic rings. The summed E-state index contributed by atoms with van der Waals surface area (Å²) in [6, 6.07) is 6.10. The summed E-state index contributed by atoms with van der Waals surface area (Å²) >= 11 is 1.39. The van der Waals surface area contributed by atoms with Gasteiger partial charge in [-0.2, -0.15) is 0 Å². The second kappa shape index (κ2) is 8.00. The van der Waals surface area contributed by atoms with Gasteiger partial charge >= 0.3 is 5.97 Å². The quantitative estimate of drug-likeness (QED) is 0.569. The van der Waals surface area contributed by atoms with Crippen LogP contribution in [0.1, 0.15) is 38.3 Å². The lowest BCUT2D eigenvalue weighted by molar-refractivity contribution is 0.0526. The zero-order valence-electron chi connectivity index (χ0n) is 16.8. The molecule has 29 heavy (non-hydrogen) atoms. The number of anilines is 1. The van der Waals surface area contributed by atoms with Crippen molar-refractivity contribution in [1.29, 1.82) is 0 Å². The molecular formula is C20H22N2O5S2. The highest BCUT2D eigenvalue weighted by Crippen LogP contribution is 2.41. The minimum Gasteiger partial charge on any atom is -0.462 e. The van der Waals surface area contributed by atoms with Crippen LogP contribution in [0.3, 0.4) is 0 Å². The van der Waals surface area contributed by atoms with Crippen molar-refractivity contribution in [2.75, 3.05) is 11.3 Å². The summed E-state index contributed by atoms with van der Waals surface area (Å²) in [4.78, 5) is 13.4. The molecule has 0 spiro atoms. The first-order valence-electron chi connectivity index (χ1n) is 8.99. The summed E-state index contributed by atoms with van der Waals surface area (Å²) in [6.45, 7) is 9.28. The van der Waals surface area contributed by atoms with E-state index in [0.29, 0.717) is 33.1 Å². The molecule has 0 saturated heterocycles. The van der Waals surface area contributed by atoms with Crippen LogP contribution in [0.25, 0.3) is 11.3 Å². The summed E-state index contributed by atoms with van der Waals surface area (Å²) in [6.07, 6.45) is 0. The van der Waals surface area contributed by atoms with Gasteiger partial charge in [-0.05, 0) is 58.9 Å². The maximum atomic E-state index is 13.2. The van der Waals surface area contributed by atoms with Gasteiger partial charge < -0.3 is 9.26 Å². The second-order valence-corrected chi connectivity index (χ2v) is 9.59. The molecule has 2 aromatic heterocycles. The van der Waals surface area contributed by atoms with E-state index in [0.717, 1.165) is 10.4 Å². The van der Waals surface area contributed by atoms with E-state index in [1.807, 2.05) is 20.8 Å². The van der Waals surface area contributed by atoms with Gasteiger partial charge in [0.15, 0.2) is 5.76 Å². The molecule has 1 aromatic carbocycles. The molecule has 1 N–H and O–H groups in total. The maximum Gasteiger partial charge on any atom is 0.338 e. The number of nitrogens with zero attached hydrogens (tertiary/aromatic N) is 1. The fraction of sp³-hybridized carbons (Fsp3) is 0.300. The van der Waals surface area contributed by atoms with Gasteiger partial charge in [0.25, 0.3) is 10.0 Å². The van der Waals surface area contributed by atoms with Crippen molar-refractivity contribution in [3.05, 3.63) is 50.8 Å². The number of rotatable bonds is 6. The van der Waals surface area contributed by atoms with Gasteiger partial charge in [0.05, 0.1) is 23.4 Å². The van der Waals surface area contributed by atoms with Crippen LogP contribution < -0.4 is 4.72 Å². The molecule has 0 aliphatic carbocycles. The largest absolute Gasteiger partial charge is 0.462 e. The normalized spacial score (nSPS) is 11.5. The molecule has 3 rings (SSSR count). The number of carbonyl (C=O) groups is 1. The molecule has 0 aliphatic heterocycles. The third kappa shape index (κ3) is 4.06. The lowest BCUT2D eigenvalue weighted by atomic mass is 10.1. The summed E-state index contributed by atoms with van der Waals surface area (Å²) in [7, 11) is -3.90. The Kier molecular flexibility index (Phi) is 5.81. The number of aromatic nitrogens is 1. The lowest BCUT2D eigenvalue weighted by Gasteiger charge is -2.11. The molecule has 2 heterocycles. The maximum absolute atomic E-state index is 13.2. The Morgan fingerprint density at radius 3 is 2.34 bits per heavy atom. The molecule has 3 aromatic rings. The van der Waals surface area contributed by atoms with E-state index in [9.17, 15) is 13.2 Å². The summed E-state index contributed by atoms with van der Waals surface area (Å²) in [5.41, 5.74) is 2.75. The van der Waals surface area contributed by atoms with Crippen molar-refractivity contribution in [1.82, 2.24) is 5.16 Å². The van der Waals surface area contributed by atoms with Crippen molar-refractivity contribution in [3.63, 3.8) is 0 Å². The van der Waals surface area contributed by atoms with E-state index in [4.69, 9.17) is 9.26 Å². The number of ether oxygens (including phenoxy) is 1. The van der Waals surface area contributed by atoms with Crippen molar-refractivity contribution in [2.24, 2.45) is 0 Å². The fourth-order valence-corrected chi connectivity index (χ4v) is 5.90. The Labute approximate surface area is 173 Å². The number of thiophene rings is 1. The van der Waals surface area contributed by atoms with Crippen LogP contribution in [0, 0.1) is 27.7 Å². The molecule has 0 amide bonds. The Balaban J connectivity index is 1.99. The highest BCUT2D eigenvalue weighted by molar-refractivity contribution is 7.93. The third-order valence-electron chi connectivity index (χ3n) is 4.51. The summed E-state index contributed by atoms with van der Waals surface area (Å²) in [5, 5.41) is 3.96. The zero-order valence-corrected chi connectivity index (χ0v) is 18.5. The van der Waals surface area contributed by atoms with Crippen LogP contribution in [0.15, 0.2) is 33.7 Å². The minimum atomic E-state index is -3.90. The number of hydrogen-bond donors (Lipinski definition) is 1. The lowest BCUT2D eigenvalue weighted by Crippen LogP contribution is -2.14. The van der Waals surface area contributed by atoms with Crippen LogP contribution in [-0.2, 0) is 14.8 Å². The first kappa shape index (κ1) is 21.1. The molecule has 0 unspecified atom stereocenters. The summed E-state index contributed by atoms with van der Waals surface area (Å²) in [5.74, 6) is 0.00652. The van der Waals surface area contributed by atoms with Crippen molar-refractivity contribution >= 4 is 33.0 Å². The fourth-order valence-electron chi connectivity index (χ4n) is 2.99. The number of hydrogen-bond acceptors (Lipinski definition) is 7. The third-order valence-corrected chi connectivity index (χ3v) is 7.21.